The van der Waals surface area contributed by atoms with Crippen molar-refractivity contribution in [3.8, 4) is 0 Å². The number of halogens is 1. The summed E-state index contributed by atoms with van der Waals surface area (Å²) < 4.78 is 0. The Morgan fingerprint density at radius 2 is 2.32 bits per heavy atom. The monoisotopic (exact) mass is 284 g/mol. The van der Waals surface area contributed by atoms with Crippen LogP contribution in [-0.2, 0) is 4.79 Å². The van der Waals surface area contributed by atoms with Crippen LogP contribution < -0.4 is 5.32 Å². The number of amides is 2. The second-order valence-corrected chi connectivity index (χ2v) is 5.17. The third-order valence-corrected chi connectivity index (χ3v) is 3.86. The fourth-order valence-electron chi connectivity index (χ4n) is 2.25. The average Bonchev–Trinajstić information content (AvgIpc) is 2.98. The largest absolute Gasteiger partial charge is 0.359 e. The minimum absolute atomic E-state index is 0.00736. The van der Waals surface area contributed by atoms with E-state index in [1.165, 1.54) is 0 Å². The Morgan fingerprint density at radius 3 is 2.89 bits per heavy atom. The first-order valence-electron chi connectivity index (χ1n) is 6.23. The Bertz CT molecular complexity index is 500. The van der Waals surface area contributed by atoms with Crippen LogP contribution in [0.15, 0.2) is 0 Å². The molecule has 2 heterocycles. The zero-order valence-electron chi connectivity index (χ0n) is 11.0. The van der Waals surface area contributed by atoms with Crippen LogP contribution in [-0.4, -0.2) is 47.0 Å². The topological polar surface area (TPSA) is 78.1 Å². The molecule has 1 aromatic rings. The molecule has 2 amide bonds. The molecule has 2 N–H and O–H groups in total. The molecule has 0 unspecified atom stereocenters. The Morgan fingerprint density at radius 1 is 1.58 bits per heavy atom. The molecule has 1 aromatic heterocycles. The van der Waals surface area contributed by atoms with E-state index in [-0.39, 0.29) is 23.4 Å². The van der Waals surface area contributed by atoms with E-state index in [0.29, 0.717) is 30.2 Å². The van der Waals surface area contributed by atoms with E-state index in [1.807, 2.05) is 0 Å². The number of aromatic nitrogens is 2. The normalized spacial score (nSPS) is 18.7. The van der Waals surface area contributed by atoms with E-state index < -0.39 is 0 Å². The lowest BCUT2D eigenvalue weighted by molar-refractivity contribution is -0.121. The lowest BCUT2D eigenvalue weighted by Crippen LogP contribution is -2.30. The van der Waals surface area contributed by atoms with Crippen molar-refractivity contribution in [2.24, 2.45) is 5.92 Å². The lowest BCUT2D eigenvalue weighted by atomic mass is 10.0. The number of likely N-dealkylation sites (tertiary alicyclic amines) is 1. The molecule has 1 aliphatic rings. The molecular weight excluding hydrogens is 268 g/mol. The van der Waals surface area contributed by atoms with Crippen molar-refractivity contribution in [2.75, 3.05) is 20.1 Å². The Kier molecular flexibility index (Phi) is 4.09. The molecule has 104 valence electrons. The van der Waals surface area contributed by atoms with Gasteiger partial charge >= 0.3 is 0 Å². The number of rotatable bonds is 3. The van der Waals surface area contributed by atoms with Crippen molar-refractivity contribution in [1.29, 1.82) is 0 Å². The molecule has 0 aromatic carbocycles. The number of hydrogen-bond donors (Lipinski definition) is 2. The third kappa shape index (κ3) is 2.89. The summed E-state index contributed by atoms with van der Waals surface area (Å²) in [4.78, 5) is 25.3. The molecule has 1 fully saturated rings. The minimum atomic E-state index is -0.172. The SMILES string of the molecule is CNC(=O)C[C@H]1CCN(C(=O)c2n[nH]c(C)c2Cl)C1. The van der Waals surface area contributed by atoms with Crippen LogP contribution in [0.5, 0.6) is 0 Å². The summed E-state index contributed by atoms with van der Waals surface area (Å²) in [5.74, 6) is 0.0458. The highest BCUT2D eigenvalue weighted by molar-refractivity contribution is 6.34. The second-order valence-electron chi connectivity index (χ2n) is 4.79. The van der Waals surface area contributed by atoms with E-state index in [9.17, 15) is 9.59 Å². The molecule has 1 aliphatic heterocycles. The van der Waals surface area contributed by atoms with Crippen LogP contribution in [0, 0.1) is 12.8 Å². The zero-order valence-corrected chi connectivity index (χ0v) is 11.8. The number of carbonyl (C=O) groups is 2. The Hall–Kier alpha value is -1.56. The van der Waals surface area contributed by atoms with Gasteiger partial charge in [0.25, 0.3) is 5.91 Å². The van der Waals surface area contributed by atoms with Gasteiger partial charge in [-0.25, -0.2) is 0 Å². The average molecular weight is 285 g/mol. The van der Waals surface area contributed by atoms with Gasteiger partial charge in [-0.1, -0.05) is 11.6 Å². The van der Waals surface area contributed by atoms with Crippen LogP contribution in [0.2, 0.25) is 5.02 Å². The predicted octanol–water partition coefficient (Wildman–Crippen LogP) is 0.970. The van der Waals surface area contributed by atoms with Crippen molar-refractivity contribution >= 4 is 23.4 Å². The number of aryl methyl sites for hydroxylation is 1. The second kappa shape index (κ2) is 5.61. The smallest absolute Gasteiger partial charge is 0.275 e. The first-order chi connectivity index (χ1) is 9.02. The number of nitrogens with zero attached hydrogens (tertiary/aromatic N) is 2. The fourth-order valence-corrected chi connectivity index (χ4v) is 2.42. The van der Waals surface area contributed by atoms with Gasteiger partial charge in [-0.15, -0.1) is 0 Å². The molecule has 6 nitrogen and oxygen atoms in total. The highest BCUT2D eigenvalue weighted by Gasteiger charge is 2.30. The van der Waals surface area contributed by atoms with Crippen LogP contribution in [0.25, 0.3) is 0 Å². The molecule has 2 rings (SSSR count). The van der Waals surface area contributed by atoms with E-state index in [2.05, 4.69) is 15.5 Å². The molecule has 7 heteroatoms. The van der Waals surface area contributed by atoms with Crippen LogP contribution in [0.1, 0.15) is 29.0 Å². The molecule has 0 radical (unpaired) electrons. The van der Waals surface area contributed by atoms with Gasteiger partial charge in [-0.05, 0) is 19.3 Å². The standard InChI is InChI=1S/C12H17ClN4O2/c1-7-10(13)11(16-15-7)12(19)17-4-3-8(6-17)5-9(18)14-2/h8H,3-6H2,1-2H3,(H,14,18)(H,15,16)/t8-/m1/s1. The van der Waals surface area contributed by atoms with Crippen LogP contribution in [0.4, 0.5) is 0 Å². The predicted molar refractivity (Wildman–Crippen MR) is 71.0 cm³/mol. The van der Waals surface area contributed by atoms with Crippen molar-refractivity contribution in [3.05, 3.63) is 16.4 Å². The van der Waals surface area contributed by atoms with Gasteiger partial charge in [0.2, 0.25) is 5.91 Å². The van der Waals surface area contributed by atoms with Gasteiger partial charge in [-0.2, -0.15) is 5.10 Å². The summed E-state index contributed by atoms with van der Waals surface area (Å²) in [5, 5.41) is 9.61. The third-order valence-electron chi connectivity index (χ3n) is 3.40. The number of aromatic amines is 1. The highest BCUT2D eigenvalue weighted by atomic mass is 35.5. The van der Waals surface area contributed by atoms with E-state index in [0.717, 1.165) is 6.42 Å². The van der Waals surface area contributed by atoms with E-state index >= 15 is 0 Å². The van der Waals surface area contributed by atoms with Gasteiger partial charge in [0.1, 0.15) is 0 Å². The Labute approximate surface area is 116 Å². The quantitative estimate of drug-likeness (QED) is 0.868. The maximum Gasteiger partial charge on any atom is 0.275 e. The summed E-state index contributed by atoms with van der Waals surface area (Å²) in [6, 6.07) is 0. The molecule has 1 saturated heterocycles. The summed E-state index contributed by atoms with van der Waals surface area (Å²) >= 11 is 6.02. The number of nitrogens with one attached hydrogen (secondary N) is 2. The molecule has 19 heavy (non-hydrogen) atoms. The molecule has 1 atom stereocenters. The molecule has 0 bridgehead atoms. The van der Waals surface area contributed by atoms with Crippen molar-refractivity contribution in [2.45, 2.75) is 19.8 Å². The summed E-state index contributed by atoms with van der Waals surface area (Å²) in [5.41, 5.74) is 0.950. The molecule has 0 saturated carbocycles. The lowest BCUT2D eigenvalue weighted by Gasteiger charge is -2.15. The van der Waals surface area contributed by atoms with Crippen LogP contribution >= 0.6 is 11.6 Å². The van der Waals surface area contributed by atoms with Gasteiger partial charge in [0.15, 0.2) is 5.69 Å². The number of hydrogen-bond acceptors (Lipinski definition) is 3. The van der Waals surface area contributed by atoms with Crippen molar-refractivity contribution in [1.82, 2.24) is 20.4 Å². The Balaban J connectivity index is 1.99. The number of carbonyl (C=O) groups excluding carboxylic acids is 2. The maximum atomic E-state index is 12.2. The molecular formula is C12H17ClN4O2. The first kappa shape index (κ1) is 13.9. The van der Waals surface area contributed by atoms with Crippen LogP contribution in [0.3, 0.4) is 0 Å². The maximum absolute atomic E-state index is 12.2. The van der Waals surface area contributed by atoms with Crippen molar-refractivity contribution in [3.63, 3.8) is 0 Å². The van der Waals surface area contributed by atoms with Gasteiger partial charge in [-0.3, -0.25) is 14.7 Å². The zero-order chi connectivity index (χ0) is 14.0. The van der Waals surface area contributed by atoms with E-state index in [4.69, 9.17) is 11.6 Å². The minimum Gasteiger partial charge on any atom is -0.359 e. The summed E-state index contributed by atoms with van der Waals surface area (Å²) in [7, 11) is 1.62. The van der Waals surface area contributed by atoms with Gasteiger partial charge in [0, 0.05) is 26.6 Å². The highest BCUT2D eigenvalue weighted by Crippen LogP contribution is 2.24. The first-order valence-corrected chi connectivity index (χ1v) is 6.61. The molecule has 0 spiro atoms. The van der Waals surface area contributed by atoms with E-state index in [1.54, 1.807) is 18.9 Å². The number of H-pyrrole nitrogens is 1. The van der Waals surface area contributed by atoms with Crippen molar-refractivity contribution < 1.29 is 9.59 Å². The summed E-state index contributed by atoms with van der Waals surface area (Å²) in [6.07, 6.45) is 1.29. The van der Waals surface area contributed by atoms with Gasteiger partial charge < -0.3 is 10.2 Å². The fraction of sp³-hybridized carbons (Fsp3) is 0.583. The summed E-state index contributed by atoms with van der Waals surface area (Å²) in [6.45, 7) is 2.99. The molecule has 0 aliphatic carbocycles. The van der Waals surface area contributed by atoms with Gasteiger partial charge in [0.05, 0.1) is 10.7 Å².